The van der Waals surface area contributed by atoms with Crippen LogP contribution in [0.5, 0.6) is 11.5 Å². The van der Waals surface area contributed by atoms with Crippen LogP contribution in [0.15, 0.2) is 66.7 Å². The van der Waals surface area contributed by atoms with Gasteiger partial charge in [0.15, 0.2) is 5.82 Å². The van der Waals surface area contributed by atoms with Crippen LogP contribution in [0.25, 0.3) is 11.0 Å². The van der Waals surface area contributed by atoms with Crippen molar-refractivity contribution in [3.63, 3.8) is 0 Å². The van der Waals surface area contributed by atoms with E-state index in [9.17, 15) is 14.3 Å². The minimum Gasteiger partial charge on any atom is -0.492 e. The molecule has 0 aliphatic rings. The van der Waals surface area contributed by atoms with E-state index in [1.165, 1.54) is 12.1 Å². The van der Waals surface area contributed by atoms with Crippen LogP contribution < -0.4 is 9.47 Å². The first kappa shape index (κ1) is 23.3. The predicted molar refractivity (Wildman–Crippen MR) is 125 cm³/mol. The number of benzene rings is 3. The normalized spacial score (nSPS) is 12.0. The number of ether oxygens (including phenoxy) is 3. The molecule has 1 unspecified atom stereocenters. The lowest BCUT2D eigenvalue weighted by Gasteiger charge is -2.18. The van der Waals surface area contributed by atoms with Crippen molar-refractivity contribution in [2.24, 2.45) is 0 Å². The molecule has 1 N–H and O–H groups in total. The average molecular weight is 464 g/mol. The summed E-state index contributed by atoms with van der Waals surface area (Å²) < 4.78 is 31.9. The van der Waals surface area contributed by atoms with Gasteiger partial charge in [-0.3, -0.25) is 0 Å². The van der Waals surface area contributed by atoms with Crippen LogP contribution in [0, 0.1) is 5.82 Å². The Hall–Kier alpha value is -3.91. The maximum atomic E-state index is 13.4. The smallest absolute Gasteiger partial charge is 0.417 e. The van der Waals surface area contributed by atoms with Gasteiger partial charge in [-0.15, -0.1) is 0 Å². The summed E-state index contributed by atoms with van der Waals surface area (Å²) in [4.78, 5) is 16.8. The van der Waals surface area contributed by atoms with Crippen molar-refractivity contribution in [2.75, 3.05) is 13.2 Å². The largest absolute Gasteiger partial charge is 0.492 e. The average Bonchev–Trinajstić information content (AvgIpc) is 3.22. The summed E-state index contributed by atoms with van der Waals surface area (Å²) in [5, 5.41) is 9.96. The van der Waals surface area contributed by atoms with Gasteiger partial charge in [-0.25, -0.2) is 18.7 Å². The number of nitrogens with zero attached hydrogens (tertiary/aromatic N) is 2. The molecule has 34 heavy (non-hydrogen) atoms. The lowest BCUT2D eigenvalue weighted by atomic mass is 10.1. The van der Waals surface area contributed by atoms with Crippen molar-refractivity contribution >= 4 is 17.1 Å². The second kappa shape index (κ2) is 10.4. The molecule has 0 saturated carbocycles. The lowest BCUT2D eigenvalue weighted by Crippen LogP contribution is -2.18. The molecule has 0 aliphatic carbocycles. The molecule has 1 atom stereocenters. The molecule has 4 rings (SSSR count). The monoisotopic (exact) mass is 464 g/mol. The van der Waals surface area contributed by atoms with Gasteiger partial charge in [-0.05, 0) is 61.4 Å². The molecule has 4 aromatic rings. The third-order valence-corrected chi connectivity index (χ3v) is 5.21. The van der Waals surface area contributed by atoms with Gasteiger partial charge in [-0.2, -0.15) is 0 Å². The fourth-order valence-corrected chi connectivity index (χ4v) is 3.76. The summed E-state index contributed by atoms with van der Waals surface area (Å²) in [5.41, 5.74) is 2.32. The number of hydrogen-bond acceptors (Lipinski definition) is 5. The third kappa shape index (κ3) is 4.87. The van der Waals surface area contributed by atoms with Crippen molar-refractivity contribution in [3.8, 4) is 11.5 Å². The zero-order valence-electron chi connectivity index (χ0n) is 18.9. The van der Waals surface area contributed by atoms with E-state index in [-0.39, 0.29) is 18.2 Å². The Morgan fingerprint density at radius 1 is 1.03 bits per heavy atom. The Balaban J connectivity index is 1.66. The van der Waals surface area contributed by atoms with Crippen molar-refractivity contribution < 1.29 is 28.5 Å². The van der Waals surface area contributed by atoms with Crippen LogP contribution in [0.4, 0.5) is 9.18 Å². The molecular weight excluding hydrogens is 439 g/mol. The van der Waals surface area contributed by atoms with Crippen molar-refractivity contribution in [1.82, 2.24) is 9.55 Å². The summed E-state index contributed by atoms with van der Waals surface area (Å²) in [6.45, 7) is 4.70. The van der Waals surface area contributed by atoms with Crippen LogP contribution in [0.2, 0.25) is 0 Å². The maximum absolute atomic E-state index is 13.4. The van der Waals surface area contributed by atoms with Gasteiger partial charge >= 0.3 is 6.09 Å². The van der Waals surface area contributed by atoms with E-state index in [0.29, 0.717) is 35.7 Å². The van der Waals surface area contributed by atoms with Crippen LogP contribution in [0.3, 0.4) is 0 Å². The minimum absolute atomic E-state index is 0.223. The van der Waals surface area contributed by atoms with E-state index in [1.807, 2.05) is 13.8 Å². The number of carbonyl (C=O) groups is 1. The molecule has 0 spiro atoms. The Morgan fingerprint density at radius 2 is 1.79 bits per heavy atom. The molecule has 0 radical (unpaired) electrons. The zero-order chi connectivity index (χ0) is 24.1. The minimum atomic E-state index is -1.16. The molecule has 0 saturated heterocycles. The van der Waals surface area contributed by atoms with Crippen LogP contribution in [0.1, 0.15) is 36.9 Å². The van der Waals surface area contributed by atoms with Crippen molar-refractivity contribution in [2.45, 2.75) is 26.6 Å². The number of aromatic nitrogens is 2. The number of hydrogen-bond donors (Lipinski definition) is 1. The molecule has 176 valence electrons. The van der Waals surface area contributed by atoms with Gasteiger partial charge in [0.05, 0.1) is 12.1 Å². The third-order valence-electron chi connectivity index (χ3n) is 5.21. The highest BCUT2D eigenvalue weighted by molar-refractivity contribution is 5.90. The number of para-hydroxylation sites is 1. The van der Waals surface area contributed by atoms with Crippen LogP contribution in [-0.4, -0.2) is 34.0 Å². The molecule has 0 bridgehead atoms. The van der Waals surface area contributed by atoms with Gasteiger partial charge < -0.3 is 19.3 Å². The Labute approximate surface area is 196 Å². The Bertz CT molecular complexity index is 1290. The fourth-order valence-electron chi connectivity index (χ4n) is 3.76. The summed E-state index contributed by atoms with van der Waals surface area (Å²) in [5.74, 6) is 1.03. The quantitative estimate of drug-likeness (QED) is 0.337. The number of carboxylic acid groups (broad SMARTS) is 1. The summed E-state index contributed by atoms with van der Waals surface area (Å²) in [7, 11) is 0. The molecule has 1 aromatic heterocycles. The first-order valence-electron chi connectivity index (χ1n) is 11.0. The maximum Gasteiger partial charge on any atom is 0.417 e. The molecule has 0 amide bonds. The second-order valence-corrected chi connectivity index (χ2v) is 7.47. The van der Waals surface area contributed by atoms with E-state index in [1.54, 1.807) is 54.6 Å². The van der Waals surface area contributed by atoms with E-state index in [4.69, 9.17) is 14.2 Å². The SMILES string of the molecule is CCOc1cccc2c1nc(C(OCC)c1ccc(OCc3cccc(F)c3)cc1)n2C(=O)O. The second-order valence-electron chi connectivity index (χ2n) is 7.47. The summed E-state index contributed by atoms with van der Waals surface area (Å²) in [6, 6.07) is 18.5. The fraction of sp³-hybridized carbons (Fsp3) is 0.231. The van der Waals surface area contributed by atoms with Crippen LogP contribution in [-0.2, 0) is 11.3 Å². The van der Waals surface area contributed by atoms with Crippen LogP contribution >= 0.6 is 0 Å². The highest BCUT2D eigenvalue weighted by atomic mass is 19.1. The number of imidazole rings is 1. The van der Waals surface area contributed by atoms with E-state index in [2.05, 4.69) is 4.98 Å². The Kier molecular flexibility index (Phi) is 7.08. The van der Waals surface area contributed by atoms with Gasteiger partial charge in [0.25, 0.3) is 0 Å². The predicted octanol–water partition coefficient (Wildman–Crippen LogP) is 5.81. The highest BCUT2D eigenvalue weighted by Crippen LogP contribution is 2.33. The van der Waals surface area contributed by atoms with Crippen molar-refractivity contribution in [1.29, 1.82) is 0 Å². The van der Waals surface area contributed by atoms with E-state index >= 15 is 0 Å². The van der Waals surface area contributed by atoms with Gasteiger partial charge in [0.2, 0.25) is 0 Å². The Morgan fingerprint density at radius 3 is 2.47 bits per heavy atom. The molecule has 7 nitrogen and oxygen atoms in total. The van der Waals surface area contributed by atoms with Gasteiger partial charge in [0.1, 0.15) is 35.5 Å². The zero-order valence-corrected chi connectivity index (χ0v) is 18.9. The highest BCUT2D eigenvalue weighted by Gasteiger charge is 2.27. The summed E-state index contributed by atoms with van der Waals surface area (Å²) >= 11 is 0. The molecule has 3 aromatic carbocycles. The molecule has 0 aliphatic heterocycles. The lowest BCUT2D eigenvalue weighted by molar-refractivity contribution is 0.0827. The number of fused-ring (bicyclic) bond motifs is 1. The topological polar surface area (TPSA) is 82.8 Å². The van der Waals surface area contributed by atoms with Crippen molar-refractivity contribution in [3.05, 3.63) is 89.5 Å². The molecule has 1 heterocycles. The first-order valence-corrected chi connectivity index (χ1v) is 11.0. The van der Waals surface area contributed by atoms with E-state index in [0.717, 1.165) is 15.7 Å². The summed E-state index contributed by atoms with van der Waals surface area (Å²) in [6.07, 6.45) is -1.88. The van der Waals surface area contributed by atoms with Gasteiger partial charge in [0, 0.05) is 6.61 Å². The molecule has 8 heteroatoms. The van der Waals surface area contributed by atoms with E-state index < -0.39 is 12.2 Å². The molecule has 0 fully saturated rings. The number of halogens is 1. The van der Waals surface area contributed by atoms with Gasteiger partial charge in [-0.1, -0.05) is 30.3 Å². The first-order chi connectivity index (χ1) is 16.5. The molecular formula is C26H25FN2O5. The number of rotatable bonds is 9. The standard InChI is InChI=1S/C26H25FN2O5/c1-3-32-22-10-6-9-21-23(22)28-25(29(21)26(30)31)24(33-4-2)18-11-13-20(14-12-18)34-16-17-7-5-8-19(27)15-17/h5-15,24H,3-4,16H2,1-2H3,(H,30,31).